The lowest BCUT2D eigenvalue weighted by Gasteiger charge is -2.31. The van der Waals surface area contributed by atoms with E-state index in [9.17, 15) is 9.59 Å². The van der Waals surface area contributed by atoms with Gasteiger partial charge in [0.15, 0.2) is 0 Å². The number of hydrogen-bond donors (Lipinski definition) is 1. The summed E-state index contributed by atoms with van der Waals surface area (Å²) >= 11 is 5.84. The topological polar surface area (TPSA) is 58.6 Å². The maximum absolute atomic E-state index is 12.4. The Balaban J connectivity index is 1.31. The molecule has 6 heteroatoms. The standard InChI is InChI=1S/C23H27ClN2O3/c24-20-7-9-21(10-8-20)29-17-14-25-23(28)19-12-15-26(16-13-19)22(27)11-6-18-4-2-1-3-5-18/h1-5,7-10,19H,6,11-17H2,(H,25,28). The van der Waals surface area contributed by atoms with Gasteiger partial charge in [0.2, 0.25) is 11.8 Å². The van der Waals surface area contributed by atoms with Crippen molar-refractivity contribution >= 4 is 23.4 Å². The van der Waals surface area contributed by atoms with E-state index in [-0.39, 0.29) is 17.7 Å². The van der Waals surface area contributed by atoms with Crippen LogP contribution in [0.25, 0.3) is 0 Å². The zero-order chi connectivity index (χ0) is 20.5. The molecule has 29 heavy (non-hydrogen) atoms. The van der Waals surface area contributed by atoms with Gasteiger partial charge in [0.05, 0.1) is 6.54 Å². The summed E-state index contributed by atoms with van der Waals surface area (Å²) < 4.78 is 5.58. The molecule has 0 unspecified atom stereocenters. The molecule has 2 aromatic rings. The van der Waals surface area contributed by atoms with Crippen LogP contribution in [-0.4, -0.2) is 43.0 Å². The molecule has 5 nitrogen and oxygen atoms in total. The molecule has 0 spiro atoms. The third-order valence-electron chi connectivity index (χ3n) is 5.17. The number of likely N-dealkylation sites (tertiary alicyclic amines) is 1. The summed E-state index contributed by atoms with van der Waals surface area (Å²) in [5.74, 6) is 0.903. The number of nitrogens with one attached hydrogen (secondary N) is 1. The highest BCUT2D eigenvalue weighted by Gasteiger charge is 2.26. The number of aryl methyl sites for hydroxylation is 1. The summed E-state index contributed by atoms with van der Waals surface area (Å²) in [5, 5.41) is 3.59. The summed E-state index contributed by atoms with van der Waals surface area (Å²) in [6, 6.07) is 17.2. The fourth-order valence-corrected chi connectivity index (χ4v) is 3.59. The quantitative estimate of drug-likeness (QED) is 0.670. The second-order valence-electron chi connectivity index (χ2n) is 7.23. The van der Waals surface area contributed by atoms with Crippen molar-refractivity contribution in [2.75, 3.05) is 26.2 Å². The minimum atomic E-state index is -0.0382. The summed E-state index contributed by atoms with van der Waals surface area (Å²) in [6.07, 6.45) is 2.69. The first-order valence-electron chi connectivity index (χ1n) is 10.1. The predicted molar refractivity (Wildman–Crippen MR) is 114 cm³/mol. The highest BCUT2D eigenvalue weighted by molar-refractivity contribution is 6.30. The number of benzene rings is 2. The van der Waals surface area contributed by atoms with Crippen molar-refractivity contribution in [2.24, 2.45) is 5.92 Å². The van der Waals surface area contributed by atoms with Gasteiger partial charge in [-0.2, -0.15) is 0 Å². The number of piperidine rings is 1. The molecule has 154 valence electrons. The molecular weight excluding hydrogens is 388 g/mol. The van der Waals surface area contributed by atoms with E-state index in [1.54, 1.807) is 24.3 Å². The van der Waals surface area contributed by atoms with Crippen LogP contribution in [-0.2, 0) is 16.0 Å². The molecule has 3 rings (SSSR count). The summed E-state index contributed by atoms with van der Waals surface area (Å²) in [4.78, 5) is 26.7. The van der Waals surface area contributed by atoms with Gasteiger partial charge in [-0.05, 0) is 49.1 Å². The first-order valence-corrected chi connectivity index (χ1v) is 10.5. The maximum Gasteiger partial charge on any atom is 0.223 e. The smallest absolute Gasteiger partial charge is 0.223 e. The van der Waals surface area contributed by atoms with Crippen molar-refractivity contribution in [3.05, 3.63) is 65.2 Å². The SMILES string of the molecule is O=C(NCCOc1ccc(Cl)cc1)C1CCN(C(=O)CCc2ccccc2)CC1. The first-order chi connectivity index (χ1) is 14.1. The van der Waals surface area contributed by atoms with Crippen LogP contribution in [0.3, 0.4) is 0 Å². The van der Waals surface area contributed by atoms with Gasteiger partial charge in [0.25, 0.3) is 0 Å². The average molecular weight is 415 g/mol. The van der Waals surface area contributed by atoms with Gasteiger partial charge in [0.1, 0.15) is 12.4 Å². The Labute approximate surface area is 177 Å². The van der Waals surface area contributed by atoms with Crippen LogP contribution in [0.2, 0.25) is 5.02 Å². The van der Waals surface area contributed by atoms with E-state index < -0.39 is 0 Å². The zero-order valence-electron chi connectivity index (χ0n) is 16.5. The highest BCUT2D eigenvalue weighted by Crippen LogP contribution is 2.19. The van der Waals surface area contributed by atoms with E-state index in [4.69, 9.17) is 16.3 Å². The number of nitrogens with zero attached hydrogens (tertiary/aromatic N) is 1. The average Bonchev–Trinajstić information content (AvgIpc) is 2.77. The number of carbonyl (C=O) groups is 2. The van der Waals surface area contributed by atoms with E-state index in [1.165, 1.54) is 5.56 Å². The van der Waals surface area contributed by atoms with Crippen molar-refractivity contribution in [1.29, 1.82) is 0 Å². The second kappa shape index (κ2) is 10.9. The molecule has 1 aliphatic rings. The molecule has 1 saturated heterocycles. The lowest BCUT2D eigenvalue weighted by molar-refractivity contribution is -0.135. The number of carbonyl (C=O) groups excluding carboxylic acids is 2. The first kappa shape index (κ1) is 21.2. The van der Waals surface area contributed by atoms with Crippen LogP contribution in [0.15, 0.2) is 54.6 Å². The molecule has 1 heterocycles. The van der Waals surface area contributed by atoms with Crippen molar-refractivity contribution in [1.82, 2.24) is 10.2 Å². The van der Waals surface area contributed by atoms with Crippen molar-refractivity contribution < 1.29 is 14.3 Å². The maximum atomic E-state index is 12.4. The lowest BCUT2D eigenvalue weighted by atomic mass is 9.95. The summed E-state index contributed by atoms with van der Waals surface area (Å²) in [5.41, 5.74) is 1.18. The van der Waals surface area contributed by atoms with Crippen LogP contribution in [0.4, 0.5) is 0 Å². The molecule has 0 saturated carbocycles. The van der Waals surface area contributed by atoms with Crippen LogP contribution >= 0.6 is 11.6 Å². The fraction of sp³-hybridized carbons (Fsp3) is 0.391. The highest BCUT2D eigenvalue weighted by atomic mass is 35.5. The largest absolute Gasteiger partial charge is 0.492 e. The van der Waals surface area contributed by atoms with Crippen LogP contribution < -0.4 is 10.1 Å². The molecule has 0 bridgehead atoms. The number of rotatable bonds is 8. The van der Waals surface area contributed by atoms with E-state index in [1.807, 2.05) is 35.2 Å². The van der Waals surface area contributed by atoms with Gasteiger partial charge >= 0.3 is 0 Å². The van der Waals surface area contributed by atoms with E-state index in [2.05, 4.69) is 5.32 Å². The molecule has 0 atom stereocenters. The second-order valence-corrected chi connectivity index (χ2v) is 7.67. The van der Waals surface area contributed by atoms with Gasteiger partial charge in [-0.3, -0.25) is 9.59 Å². The molecule has 2 aromatic carbocycles. The Hall–Kier alpha value is -2.53. The molecule has 1 N–H and O–H groups in total. The Kier molecular flexibility index (Phi) is 7.94. The molecule has 2 amide bonds. The Morgan fingerprint density at radius 1 is 1.03 bits per heavy atom. The van der Waals surface area contributed by atoms with Gasteiger partial charge in [-0.15, -0.1) is 0 Å². The number of halogens is 1. The normalized spacial score (nSPS) is 14.4. The molecular formula is C23H27ClN2O3. The monoisotopic (exact) mass is 414 g/mol. The Morgan fingerprint density at radius 2 is 1.72 bits per heavy atom. The fourth-order valence-electron chi connectivity index (χ4n) is 3.46. The lowest BCUT2D eigenvalue weighted by Crippen LogP contribution is -2.43. The third kappa shape index (κ3) is 6.79. The molecule has 1 aliphatic heterocycles. The molecule has 0 radical (unpaired) electrons. The number of amides is 2. The van der Waals surface area contributed by atoms with Gasteiger partial charge in [-0.1, -0.05) is 41.9 Å². The van der Waals surface area contributed by atoms with E-state index in [0.29, 0.717) is 50.5 Å². The van der Waals surface area contributed by atoms with Crippen LogP contribution in [0, 0.1) is 5.92 Å². The Morgan fingerprint density at radius 3 is 2.41 bits per heavy atom. The van der Waals surface area contributed by atoms with Gasteiger partial charge in [-0.25, -0.2) is 0 Å². The molecule has 1 fully saturated rings. The van der Waals surface area contributed by atoms with Crippen molar-refractivity contribution in [3.63, 3.8) is 0 Å². The Bertz CT molecular complexity index is 788. The van der Waals surface area contributed by atoms with Gasteiger partial charge < -0.3 is 15.0 Å². The summed E-state index contributed by atoms with van der Waals surface area (Å²) in [7, 11) is 0. The van der Waals surface area contributed by atoms with Crippen LogP contribution in [0.5, 0.6) is 5.75 Å². The van der Waals surface area contributed by atoms with Crippen molar-refractivity contribution in [2.45, 2.75) is 25.7 Å². The molecule has 0 aliphatic carbocycles. The minimum absolute atomic E-state index is 0.0382. The minimum Gasteiger partial charge on any atom is -0.492 e. The third-order valence-corrected chi connectivity index (χ3v) is 5.42. The van der Waals surface area contributed by atoms with Crippen LogP contribution in [0.1, 0.15) is 24.8 Å². The molecule has 0 aromatic heterocycles. The summed E-state index contributed by atoms with van der Waals surface area (Å²) in [6.45, 7) is 2.15. The zero-order valence-corrected chi connectivity index (χ0v) is 17.2. The number of ether oxygens (including phenoxy) is 1. The van der Waals surface area contributed by atoms with E-state index in [0.717, 1.165) is 12.2 Å². The van der Waals surface area contributed by atoms with Crippen molar-refractivity contribution in [3.8, 4) is 5.75 Å². The predicted octanol–water partition coefficient (Wildman–Crippen LogP) is 3.71. The van der Waals surface area contributed by atoms with Gasteiger partial charge in [0, 0.05) is 30.5 Å². The van der Waals surface area contributed by atoms with E-state index >= 15 is 0 Å². The number of hydrogen-bond acceptors (Lipinski definition) is 3.